The van der Waals surface area contributed by atoms with Gasteiger partial charge >= 0.3 is 5.97 Å². The van der Waals surface area contributed by atoms with Gasteiger partial charge in [-0.1, -0.05) is 13.8 Å². The van der Waals surface area contributed by atoms with Crippen LogP contribution in [0.4, 0.5) is 5.69 Å². The van der Waals surface area contributed by atoms with E-state index >= 15 is 0 Å². The van der Waals surface area contributed by atoms with E-state index in [1.54, 1.807) is 0 Å². The van der Waals surface area contributed by atoms with E-state index in [1.165, 1.54) is 30.0 Å². The molecule has 0 spiro atoms. The lowest BCUT2D eigenvalue weighted by Gasteiger charge is -2.09. The molecule has 18 heavy (non-hydrogen) atoms. The lowest BCUT2D eigenvalue weighted by atomic mass is 10.2. The van der Waals surface area contributed by atoms with Gasteiger partial charge in [-0.2, -0.15) is 0 Å². The average molecular weight is 269 g/mol. The third kappa shape index (κ3) is 4.29. The Kier molecular flexibility index (Phi) is 5.03. The van der Waals surface area contributed by atoms with Crippen LogP contribution in [0.2, 0.25) is 0 Å². The smallest absolute Gasteiger partial charge is 0.335 e. The quantitative estimate of drug-likeness (QED) is 0.713. The lowest BCUT2D eigenvalue weighted by molar-refractivity contribution is -0.113. The Hall–Kier alpha value is -1.69. The van der Waals surface area contributed by atoms with Crippen molar-refractivity contribution < 1.29 is 19.8 Å². The Bertz CT molecular complexity index is 459. The van der Waals surface area contributed by atoms with Gasteiger partial charge in [0.2, 0.25) is 5.91 Å². The average Bonchev–Trinajstić information content (AvgIpc) is 2.29. The first-order chi connectivity index (χ1) is 8.40. The van der Waals surface area contributed by atoms with Gasteiger partial charge in [0.25, 0.3) is 0 Å². The summed E-state index contributed by atoms with van der Waals surface area (Å²) >= 11 is 1.46. The molecule has 1 aromatic carbocycles. The van der Waals surface area contributed by atoms with Gasteiger partial charge in [-0.25, -0.2) is 4.79 Å². The summed E-state index contributed by atoms with van der Waals surface area (Å²) in [6.45, 7) is 3.95. The van der Waals surface area contributed by atoms with Gasteiger partial charge in [0.15, 0.2) is 0 Å². The van der Waals surface area contributed by atoms with Crippen molar-refractivity contribution in [3.63, 3.8) is 0 Å². The van der Waals surface area contributed by atoms with Gasteiger partial charge in [-0.15, -0.1) is 11.8 Å². The number of carbonyl (C=O) groups excluding carboxylic acids is 1. The summed E-state index contributed by atoms with van der Waals surface area (Å²) < 4.78 is 0. The lowest BCUT2D eigenvalue weighted by Crippen LogP contribution is -2.15. The highest BCUT2D eigenvalue weighted by Gasteiger charge is 2.11. The second-order valence-corrected chi connectivity index (χ2v) is 5.51. The predicted molar refractivity (Wildman–Crippen MR) is 71.3 cm³/mol. The molecule has 0 saturated heterocycles. The molecule has 1 amide bonds. The topological polar surface area (TPSA) is 86.6 Å². The zero-order valence-electron chi connectivity index (χ0n) is 10.1. The van der Waals surface area contributed by atoms with E-state index in [0.29, 0.717) is 5.25 Å². The number of aromatic carboxylic acids is 1. The number of amides is 1. The zero-order valence-corrected chi connectivity index (χ0v) is 11.0. The van der Waals surface area contributed by atoms with Crippen molar-refractivity contribution >= 4 is 29.3 Å². The molecule has 0 atom stereocenters. The molecule has 0 aliphatic heterocycles. The summed E-state index contributed by atoms with van der Waals surface area (Å²) in [5, 5.41) is 21.2. The van der Waals surface area contributed by atoms with E-state index in [1.807, 2.05) is 13.8 Å². The summed E-state index contributed by atoms with van der Waals surface area (Å²) in [5.41, 5.74) is 0.129. The van der Waals surface area contributed by atoms with Gasteiger partial charge in [-0.05, 0) is 23.4 Å². The Morgan fingerprint density at radius 2 is 2.06 bits per heavy atom. The largest absolute Gasteiger partial charge is 0.506 e. The van der Waals surface area contributed by atoms with Gasteiger partial charge < -0.3 is 15.5 Å². The fourth-order valence-electron chi connectivity index (χ4n) is 1.20. The van der Waals surface area contributed by atoms with Crippen LogP contribution in [0.15, 0.2) is 18.2 Å². The van der Waals surface area contributed by atoms with Crippen molar-refractivity contribution in [2.45, 2.75) is 19.1 Å². The summed E-state index contributed by atoms with van der Waals surface area (Å²) in [7, 11) is 0. The number of hydrogen-bond acceptors (Lipinski definition) is 4. The fraction of sp³-hybridized carbons (Fsp3) is 0.333. The van der Waals surface area contributed by atoms with Crippen LogP contribution in [0, 0.1) is 0 Å². The second-order valence-electron chi connectivity index (χ2n) is 3.95. The maximum absolute atomic E-state index is 11.6. The van der Waals surface area contributed by atoms with Crippen molar-refractivity contribution in [1.82, 2.24) is 0 Å². The molecule has 0 radical (unpaired) electrons. The maximum atomic E-state index is 11.6. The summed E-state index contributed by atoms with van der Waals surface area (Å²) in [6.07, 6.45) is 0. The van der Waals surface area contributed by atoms with Crippen LogP contribution in [-0.2, 0) is 4.79 Å². The highest BCUT2D eigenvalue weighted by atomic mass is 32.2. The van der Waals surface area contributed by atoms with Crippen molar-refractivity contribution in [3.8, 4) is 5.75 Å². The van der Waals surface area contributed by atoms with Gasteiger partial charge in [0.1, 0.15) is 5.75 Å². The SMILES string of the molecule is CC(C)SCC(=O)Nc1cc(C(=O)O)ccc1O. The minimum Gasteiger partial charge on any atom is -0.506 e. The number of carbonyl (C=O) groups is 2. The van der Waals surface area contributed by atoms with Crippen LogP contribution in [0.3, 0.4) is 0 Å². The third-order valence-electron chi connectivity index (χ3n) is 2.07. The molecule has 0 fully saturated rings. The molecule has 98 valence electrons. The molecule has 1 rings (SSSR count). The van der Waals surface area contributed by atoms with Crippen LogP contribution in [0.25, 0.3) is 0 Å². The molecule has 0 unspecified atom stereocenters. The fourth-order valence-corrected chi connectivity index (χ4v) is 1.75. The molecule has 6 heteroatoms. The molecule has 5 nitrogen and oxygen atoms in total. The molecule has 0 aromatic heterocycles. The highest BCUT2D eigenvalue weighted by molar-refractivity contribution is 8.00. The number of hydrogen-bond donors (Lipinski definition) is 3. The first kappa shape index (κ1) is 14.4. The van der Waals surface area contributed by atoms with Crippen LogP contribution in [0.1, 0.15) is 24.2 Å². The molecule has 3 N–H and O–H groups in total. The molecule has 0 heterocycles. The number of carboxylic acid groups (broad SMARTS) is 1. The number of phenolic OH excluding ortho intramolecular Hbond substituents is 1. The molecular weight excluding hydrogens is 254 g/mol. The predicted octanol–water partition coefficient (Wildman–Crippen LogP) is 2.17. The summed E-state index contributed by atoms with van der Waals surface area (Å²) in [4.78, 5) is 22.3. The first-order valence-corrected chi connectivity index (χ1v) is 6.42. The summed E-state index contributed by atoms with van der Waals surface area (Å²) in [6, 6.07) is 3.75. The molecule has 1 aromatic rings. The number of aromatic hydroxyl groups is 1. The molecular formula is C12H15NO4S. The zero-order chi connectivity index (χ0) is 13.7. The Morgan fingerprint density at radius 1 is 1.39 bits per heavy atom. The summed E-state index contributed by atoms with van der Waals surface area (Å²) in [5.74, 6) is -1.27. The number of benzene rings is 1. The number of carboxylic acids is 1. The van der Waals surface area contributed by atoms with E-state index in [9.17, 15) is 14.7 Å². The Balaban J connectivity index is 2.74. The minimum atomic E-state index is -1.11. The van der Waals surface area contributed by atoms with Crippen LogP contribution in [0.5, 0.6) is 5.75 Å². The van der Waals surface area contributed by atoms with Crippen LogP contribution >= 0.6 is 11.8 Å². The van der Waals surface area contributed by atoms with Gasteiger partial charge in [0, 0.05) is 0 Å². The second kappa shape index (κ2) is 6.30. The molecule has 0 aliphatic rings. The van der Waals surface area contributed by atoms with Crippen LogP contribution in [-0.4, -0.2) is 33.1 Å². The number of phenols is 1. The van der Waals surface area contributed by atoms with Crippen molar-refractivity contribution in [2.24, 2.45) is 0 Å². The normalized spacial score (nSPS) is 10.4. The van der Waals surface area contributed by atoms with E-state index in [-0.39, 0.29) is 28.7 Å². The van der Waals surface area contributed by atoms with Gasteiger partial charge in [0.05, 0.1) is 17.0 Å². The molecule has 0 saturated carbocycles. The van der Waals surface area contributed by atoms with Crippen molar-refractivity contribution in [3.05, 3.63) is 23.8 Å². The number of anilines is 1. The van der Waals surface area contributed by atoms with Crippen molar-refractivity contribution in [2.75, 3.05) is 11.1 Å². The van der Waals surface area contributed by atoms with Crippen LogP contribution < -0.4 is 5.32 Å². The highest BCUT2D eigenvalue weighted by Crippen LogP contribution is 2.24. The number of nitrogens with one attached hydrogen (secondary N) is 1. The monoisotopic (exact) mass is 269 g/mol. The van der Waals surface area contributed by atoms with E-state index in [4.69, 9.17) is 5.11 Å². The Morgan fingerprint density at radius 3 is 2.61 bits per heavy atom. The number of thioether (sulfide) groups is 1. The first-order valence-electron chi connectivity index (χ1n) is 5.38. The van der Waals surface area contributed by atoms with E-state index in [0.717, 1.165) is 0 Å². The molecule has 0 aliphatic carbocycles. The third-order valence-corrected chi connectivity index (χ3v) is 3.16. The standard InChI is InChI=1S/C12H15NO4S/c1-7(2)18-6-11(15)13-9-5-8(12(16)17)3-4-10(9)14/h3-5,7,14H,6H2,1-2H3,(H,13,15)(H,16,17). The van der Waals surface area contributed by atoms with E-state index in [2.05, 4.69) is 5.32 Å². The number of rotatable bonds is 5. The minimum absolute atomic E-state index is 0.0135. The maximum Gasteiger partial charge on any atom is 0.335 e. The van der Waals surface area contributed by atoms with E-state index < -0.39 is 5.97 Å². The molecule has 0 bridgehead atoms. The van der Waals surface area contributed by atoms with Crippen molar-refractivity contribution in [1.29, 1.82) is 0 Å². The van der Waals surface area contributed by atoms with Gasteiger partial charge in [-0.3, -0.25) is 4.79 Å². The Labute approximate surface area is 109 Å².